The number of benzene rings is 1. The van der Waals surface area contributed by atoms with Crippen LogP contribution in [-0.4, -0.2) is 54.3 Å². The van der Waals surface area contributed by atoms with Crippen molar-refractivity contribution in [3.8, 4) is 0 Å². The van der Waals surface area contributed by atoms with E-state index in [4.69, 9.17) is 0 Å². The van der Waals surface area contributed by atoms with Crippen molar-refractivity contribution in [3.05, 3.63) is 35.6 Å². The summed E-state index contributed by atoms with van der Waals surface area (Å²) in [6, 6.07) is 6.25. The maximum absolute atomic E-state index is 13.3. The van der Waals surface area contributed by atoms with Crippen molar-refractivity contribution < 1.29 is 14.0 Å². The quantitative estimate of drug-likeness (QED) is 0.736. The molecule has 0 bridgehead atoms. The maximum Gasteiger partial charge on any atom is 0.234 e. The normalized spacial score (nSPS) is 19.8. The van der Waals surface area contributed by atoms with E-state index in [2.05, 4.69) is 31.0 Å². The number of nitrogens with one attached hydrogen (secondary N) is 1. The monoisotopic (exact) mass is 431 g/mol. The van der Waals surface area contributed by atoms with Gasteiger partial charge in [-0.25, -0.2) is 4.39 Å². The van der Waals surface area contributed by atoms with Crippen LogP contribution in [0.25, 0.3) is 0 Å². The largest absolute Gasteiger partial charge is 0.348 e. The molecule has 1 atom stereocenters. The summed E-state index contributed by atoms with van der Waals surface area (Å²) in [4.78, 5) is 29.7. The molecular weight excluding hydrogens is 393 g/mol. The van der Waals surface area contributed by atoms with Gasteiger partial charge in [-0.2, -0.15) is 0 Å². The molecule has 0 aliphatic carbocycles. The second kappa shape index (κ2) is 10.6. The summed E-state index contributed by atoms with van der Waals surface area (Å²) in [6.07, 6.45) is 5.89. The number of hydrogen-bond acceptors (Lipinski definition) is 3. The Labute approximate surface area is 186 Å². The number of rotatable bonds is 6. The molecule has 2 aliphatic heterocycles. The minimum atomic E-state index is -0.272. The van der Waals surface area contributed by atoms with Crippen molar-refractivity contribution in [2.45, 2.75) is 65.3 Å². The van der Waals surface area contributed by atoms with E-state index in [-0.39, 0.29) is 29.1 Å². The molecule has 0 aromatic heterocycles. The van der Waals surface area contributed by atoms with Gasteiger partial charge in [-0.1, -0.05) is 32.9 Å². The van der Waals surface area contributed by atoms with Gasteiger partial charge >= 0.3 is 0 Å². The van der Waals surface area contributed by atoms with Crippen molar-refractivity contribution in [2.75, 3.05) is 32.7 Å². The summed E-state index contributed by atoms with van der Waals surface area (Å²) in [5.41, 5.74) is 0.954. The van der Waals surface area contributed by atoms with Crippen LogP contribution in [0.2, 0.25) is 0 Å². The molecule has 1 unspecified atom stereocenters. The fraction of sp³-hybridized carbons (Fsp3) is 0.680. The Hall–Kier alpha value is -1.95. The molecule has 2 saturated heterocycles. The van der Waals surface area contributed by atoms with Gasteiger partial charge in [0.05, 0.1) is 12.6 Å². The summed E-state index contributed by atoms with van der Waals surface area (Å²) < 4.78 is 13.3. The zero-order valence-corrected chi connectivity index (χ0v) is 19.3. The van der Waals surface area contributed by atoms with E-state index >= 15 is 0 Å². The van der Waals surface area contributed by atoms with Crippen molar-refractivity contribution >= 4 is 11.8 Å². The Morgan fingerprint density at radius 2 is 1.65 bits per heavy atom. The molecule has 0 spiro atoms. The fourth-order valence-corrected chi connectivity index (χ4v) is 4.71. The van der Waals surface area contributed by atoms with Crippen LogP contribution in [0.5, 0.6) is 0 Å². The van der Waals surface area contributed by atoms with Crippen LogP contribution >= 0.6 is 0 Å². The summed E-state index contributed by atoms with van der Waals surface area (Å²) in [5.74, 6) is 0.126. The maximum atomic E-state index is 13.3. The third-order valence-electron chi connectivity index (χ3n) is 6.40. The van der Waals surface area contributed by atoms with Crippen molar-refractivity contribution in [2.24, 2.45) is 11.3 Å². The lowest BCUT2D eigenvalue weighted by molar-refractivity contribution is -0.138. The van der Waals surface area contributed by atoms with E-state index in [1.807, 2.05) is 4.90 Å². The Balaban J connectivity index is 1.50. The third-order valence-corrected chi connectivity index (χ3v) is 6.40. The van der Waals surface area contributed by atoms with Gasteiger partial charge < -0.3 is 10.2 Å². The standard InChI is InChI=1S/C25H38FN3O2/c1-25(2,3)17-22(19-7-9-21(26)10-8-19)27-23(30)18-28-15-11-20(12-16-28)24(31)29-13-5-4-6-14-29/h7-10,20,22H,4-6,11-18H2,1-3H3,(H,27,30). The van der Waals surface area contributed by atoms with Gasteiger partial charge in [-0.15, -0.1) is 0 Å². The van der Waals surface area contributed by atoms with Gasteiger partial charge in [0.25, 0.3) is 0 Å². The molecular formula is C25H38FN3O2. The van der Waals surface area contributed by atoms with E-state index in [0.29, 0.717) is 12.5 Å². The van der Waals surface area contributed by atoms with Crippen LogP contribution in [0.15, 0.2) is 24.3 Å². The molecule has 1 aromatic carbocycles. The van der Waals surface area contributed by atoms with Gasteiger partial charge in [-0.3, -0.25) is 14.5 Å². The highest BCUT2D eigenvalue weighted by atomic mass is 19.1. The van der Waals surface area contributed by atoms with Crippen molar-refractivity contribution in [3.63, 3.8) is 0 Å². The Morgan fingerprint density at radius 3 is 2.23 bits per heavy atom. The zero-order valence-electron chi connectivity index (χ0n) is 19.3. The number of amides is 2. The first-order valence-electron chi connectivity index (χ1n) is 11.8. The Morgan fingerprint density at radius 1 is 1.03 bits per heavy atom. The molecule has 2 fully saturated rings. The summed E-state index contributed by atoms with van der Waals surface area (Å²) in [6.45, 7) is 10.1. The third kappa shape index (κ3) is 7.30. The van der Waals surface area contributed by atoms with E-state index in [1.165, 1.54) is 18.6 Å². The minimum Gasteiger partial charge on any atom is -0.348 e. The van der Waals surface area contributed by atoms with Crippen LogP contribution in [0, 0.1) is 17.2 Å². The van der Waals surface area contributed by atoms with E-state index < -0.39 is 0 Å². The van der Waals surface area contributed by atoms with Gasteiger partial charge in [0.15, 0.2) is 0 Å². The lowest BCUT2D eigenvalue weighted by Crippen LogP contribution is -2.47. The number of piperidine rings is 2. The first-order chi connectivity index (χ1) is 14.7. The molecule has 5 nitrogen and oxygen atoms in total. The van der Waals surface area contributed by atoms with E-state index in [1.54, 1.807) is 12.1 Å². The second-order valence-electron chi connectivity index (χ2n) is 10.4. The number of nitrogens with zero attached hydrogens (tertiary/aromatic N) is 2. The summed E-state index contributed by atoms with van der Waals surface area (Å²) >= 11 is 0. The molecule has 2 heterocycles. The number of carbonyl (C=O) groups excluding carboxylic acids is 2. The lowest BCUT2D eigenvalue weighted by Gasteiger charge is -2.35. The molecule has 1 N–H and O–H groups in total. The summed E-state index contributed by atoms with van der Waals surface area (Å²) in [7, 11) is 0. The molecule has 172 valence electrons. The highest BCUT2D eigenvalue weighted by Crippen LogP contribution is 2.29. The highest BCUT2D eigenvalue weighted by molar-refractivity contribution is 5.80. The highest BCUT2D eigenvalue weighted by Gasteiger charge is 2.30. The molecule has 2 aliphatic rings. The van der Waals surface area contributed by atoms with Gasteiger partial charge in [-0.05, 0) is 74.7 Å². The smallest absolute Gasteiger partial charge is 0.234 e. The van der Waals surface area contributed by atoms with E-state index in [0.717, 1.165) is 63.8 Å². The molecule has 3 rings (SSSR count). The Kier molecular flexibility index (Phi) is 8.09. The lowest BCUT2D eigenvalue weighted by atomic mass is 9.85. The van der Waals surface area contributed by atoms with Crippen molar-refractivity contribution in [1.82, 2.24) is 15.1 Å². The SMILES string of the molecule is CC(C)(C)CC(NC(=O)CN1CCC(C(=O)N2CCCCC2)CC1)c1ccc(F)cc1. The predicted octanol–water partition coefficient (Wildman–Crippen LogP) is 4.14. The summed E-state index contributed by atoms with van der Waals surface area (Å²) in [5, 5.41) is 3.16. The molecule has 0 radical (unpaired) electrons. The second-order valence-corrected chi connectivity index (χ2v) is 10.4. The number of carbonyl (C=O) groups is 2. The van der Waals surface area contributed by atoms with Gasteiger partial charge in [0.1, 0.15) is 5.82 Å². The zero-order chi connectivity index (χ0) is 22.4. The van der Waals surface area contributed by atoms with Crippen LogP contribution < -0.4 is 5.32 Å². The molecule has 0 saturated carbocycles. The van der Waals surface area contributed by atoms with E-state index in [9.17, 15) is 14.0 Å². The van der Waals surface area contributed by atoms with Crippen LogP contribution in [0.1, 0.15) is 70.9 Å². The Bertz CT molecular complexity index is 730. The van der Waals surface area contributed by atoms with Crippen LogP contribution in [0.3, 0.4) is 0 Å². The molecule has 6 heteroatoms. The number of halogens is 1. The van der Waals surface area contributed by atoms with Gasteiger partial charge in [0.2, 0.25) is 11.8 Å². The average molecular weight is 432 g/mol. The molecule has 31 heavy (non-hydrogen) atoms. The van der Waals surface area contributed by atoms with Crippen LogP contribution in [-0.2, 0) is 9.59 Å². The first kappa shape index (κ1) is 23.7. The fourth-order valence-electron chi connectivity index (χ4n) is 4.71. The number of hydrogen-bond donors (Lipinski definition) is 1. The molecule has 1 aromatic rings. The first-order valence-corrected chi connectivity index (χ1v) is 11.8. The van der Waals surface area contributed by atoms with Gasteiger partial charge in [0, 0.05) is 19.0 Å². The average Bonchev–Trinajstić information content (AvgIpc) is 2.73. The van der Waals surface area contributed by atoms with Crippen molar-refractivity contribution in [1.29, 1.82) is 0 Å². The topological polar surface area (TPSA) is 52.7 Å². The van der Waals surface area contributed by atoms with Crippen LogP contribution in [0.4, 0.5) is 4.39 Å². The minimum absolute atomic E-state index is 0.0145. The number of likely N-dealkylation sites (tertiary alicyclic amines) is 2. The molecule has 2 amide bonds. The predicted molar refractivity (Wildman–Crippen MR) is 121 cm³/mol.